The predicted octanol–water partition coefficient (Wildman–Crippen LogP) is 0.434. The van der Waals surface area contributed by atoms with Gasteiger partial charge in [0.2, 0.25) is 0 Å². The number of hydrogen-bond acceptors (Lipinski definition) is 6. The largest absolute Gasteiger partial charge is 0.462 e. The summed E-state index contributed by atoms with van der Waals surface area (Å²) in [4.78, 5) is 11.7. The van der Waals surface area contributed by atoms with Crippen LogP contribution in [0.25, 0.3) is 0 Å². The van der Waals surface area contributed by atoms with E-state index in [0.29, 0.717) is 6.61 Å². The molecule has 0 spiro atoms. The molecule has 1 saturated heterocycles. The number of aromatic amines is 1. The number of nitrogens with one attached hydrogen (secondary N) is 2. The number of ether oxygens (including phenoxy) is 2. The van der Waals surface area contributed by atoms with Crippen LogP contribution >= 0.6 is 0 Å². The minimum Gasteiger partial charge on any atom is -0.462 e. The van der Waals surface area contributed by atoms with Crippen LogP contribution in [0.3, 0.4) is 0 Å². The van der Waals surface area contributed by atoms with Crippen LogP contribution in [0.15, 0.2) is 11.2 Å². The Morgan fingerprint density at radius 1 is 1.62 bits per heavy atom. The molecule has 1 aromatic heterocycles. The molecule has 0 aliphatic carbocycles. The summed E-state index contributed by atoms with van der Waals surface area (Å²) in [7, 11) is -3.89. The summed E-state index contributed by atoms with van der Waals surface area (Å²) in [6, 6.07) is 0. The number of rotatable bonds is 6. The Hall–Kier alpha value is -1.45. The van der Waals surface area contributed by atoms with E-state index < -0.39 is 21.6 Å². The highest BCUT2D eigenvalue weighted by Crippen LogP contribution is 2.24. The van der Waals surface area contributed by atoms with Gasteiger partial charge in [-0.1, -0.05) is 0 Å². The summed E-state index contributed by atoms with van der Waals surface area (Å²) in [5.41, 5.74) is -0.626. The Morgan fingerprint density at radius 3 is 3.00 bits per heavy atom. The third-order valence-corrected chi connectivity index (χ3v) is 4.68. The van der Waals surface area contributed by atoms with Gasteiger partial charge in [0.05, 0.1) is 18.4 Å². The van der Waals surface area contributed by atoms with Crippen molar-refractivity contribution >= 4 is 16.0 Å². The molecule has 0 aromatic carbocycles. The zero-order valence-corrected chi connectivity index (χ0v) is 12.8. The van der Waals surface area contributed by atoms with E-state index in [2.05, 4.69) is 14.9 Å². The first-order valence-corrected chi connectivity index (χ1v) is 8.20. The van der Waals surface area contributed by atoms with Crippen LogP contribution in [0.2, 0.25) is 0 Å². The Morgan fingerprint density at radius 2 is 2.38 bits per heavy atom. The van der Waals surface area contributed by atoms with Crippen LogP contribution in [0, 0.1) is 0 Å². The molecule has 1 aromatic rings. The number of H-pyrrole nitrogens is 1. The van der Waals surface area contributed by atoms with Crippen molar-refractivity contribution in [3.63, 3.8) is 0 Å². The van der Waals surface area contributed by atoms with Crippen LogP contribution in [0.5, 0.6) is 0 Å². The molecular formula is C12H19N3O5S. The number of esters is 1. The summed E-state index contributed by atoms with van der Waals surface area (Å²) in [5, 5.41) is 5.65. The molecule has 1 fully saturated rings. The average molecular weight is 317 g/mol. The van der Waals surface area contributed by atoms with Crippen molar-refractivity contribution in [2.45, 2.75) is 37.3 Å². The van der Waals surface area contributed by atoms with E-state index in [0.717, 1.165) is 19.0 Å². The molecule has 1 aliphatic rings. The van der Waals surface area contributed by atoms with Crippen molar-refractivity contribution < 1.29 is 22.7 Å². The third kappa shape index (κ3) is 3.60. The Balaban J connectivity index is 2.13. The molecule has 1 aliphatic heterocycles. The second-order valence-corrected chi connectivity index (χ2v) is 6.76. The normalized spacial score (nSPS) is 22.4. The first-order valence-electron chi connectivity index (χ1n) is 6.72. The summed E-state index contributed by atoms with van der Waals surface area (Å²) in [6.45, 7) is 4.40. The first-order chi connectivity index (χ1) is 9.88. The van der Waals surface area contributed by atoms with E-state index in [1.165, 1.54) is 0 Å². The van der Waals surface area contributed by atoms with Crippen molar-refractivity contribution in [1.82, 2.24) is 14.9 Å². The highest BCUT2D eigenvalue weighted by atomic mass is 32.2. The van der Waals surface area contributed by atoms with Crippen LogP contribution in [-0.4, -0.2) is 49.9 Å². The minimum absolute atomic E-state index is 0.109. The molecule has 0 amide bonds. The highest BCUT2D eigenvalue weighted by molar-refractivity contribution is 7.89. The van der Waals surface area contributed by atoms with Gasteiger partial charge < -0.3 is 9.47 Å². The number of nitrogens with zero attached hydrogens (tertiary/aromatic N) is 1. The fraction of sp³-hybridized carbons (Fsp3) is 0.667. The van der Waals surface area contributed by atoms with Gasteiger partial charge >= 0.3 is 5.97 Å². The van der Waals surface area contributed by atoms with Crippen LogP contribution in [-0.2, 0) is 19.5 Å². The first kappa shape index (κ1) is 15.9. The van der Waals surface area contributed by atoms with E-state index in [1.54, 1.807) is 6.92 Å². The molecule has 1 unspecified atom stereocenters. The lowest BCUT2D eigenvalue weighted by Gasteiger charge is -2.23. The highest BCUT2D eigenvalue weighted by Gasteiger charge is 2.33. The van der Waals surface area contributed by atoms with Gasteiger partial charge in [-0.25, -0.2) is 17.9 Å². The smallest absolute Gasteiger partial charge is 0.342 e. The van der Waals surface area contributed by atoms with E-state index in [4.69, 9.17) is 9.47 Å². The van der Waals surface area contributed by atoms with Gasteiger partial charge in [-0.15, -0.1) is 0 Å². The quantitative estimate of drug-likeness (QED) is 0.736. The zero-order chi connectivity index (χ0) is 15.5. The fourth-order valence-electron chi connectivity index (χ4n) is 2.13. The monoisotopic (exact) mass is 317 g/mol. The molecule has 8 nitrogen and oxygen atoms in total. The maximum atomic E-state index is 12.3. The molecule has 0 radical (unpaired) electrons. The van der Waals surface area contributed by atoms with Gasteiger partial charge in [0.1, 0.15) is 5.56 Å². The number of carbonyl (C=O) groups excluding carboxylic acids is 1. The molecule has 118 valence electrons. The number of hydrogen-bond donors (Lipinski definition) is 2. The van der Waals surface area contributed by atoms with Crippen molar-refractivity contribution in [3.05, 3.63) is 11.8 Å². The van der Waals surface area contributed by atoms with Gasteiger partial charge in [0.25, 0.3) is 10.0 Å². The van der Waals surface area contributed by atoms with Crippen LogP contribution < -0.4 is 4.72 Å². The van der Waals surface area contributed by atoms with Crippen molar-refractivity contribution in [1.29, 1.82) is 0 Å². The van der Waals surface area contributed by atoms with Gasteiger partial charge in [-0.3, -0.25) is 5.10 Å². The maximum Gasteiger partial charge on any atom is 0.342 e. The van der Waals surface area contributed by atoms with Crippen LogP contribution in [0.1, 0.15) is 37.0 Å². The standard InChI is InChI=1S/C12H19N3O5S/c1-3-19-11(16)9-7-13-15-10(9)21(17,18)14-8-12(2)5-4-6-20-12/h7,14H,3-6,8H2,1-2H3,(H,13,15). The Kier molecular flexibility index (Phi) is 4.64. The van der Waals surface area contributed by atoms with E-state index in [-0.39, 0.29) is 23.7 Å². The summed E-state index contributed by atoms with van der Waals surface area (Å²) in [5.74, 6) is -0.727. The molecule has 2 heterocycles. The Bertz CT molecular complexity index is 604. The molecule has 2 rings (SSSR count). The second-order valence-electron chi connectivity index (χ2n) is 5.06. The van der Waals surface area contributed by atoms with Crippen LogP contribution in [0.4, 0.5) is 0 Å². The lowest BCUT2D eigenvalue weighted by molar-refractivity contribution is 0.0250. The fourth-order valence-corrected chi connectivity index (χ4v) is 3.37. The second kappa shape index (κ2) is 6.12. The Labute approximate surface area is 123 Å². The maximum absolute atomic E-state index is 12.3. The van der Waals surface area contributed by atoms with Gasteiger partial charge in [-0.05, 0) is 26.7 Å². The van der Waals surface area contributed by atoms with Crippen molar-refractivity contribution in [3.8, 4) is 0 Å². The molecule has 21 heavy (non-hydrogen) atoms. The topological polar surface area (TPSA) is 110 Å². The third-order valence-electron chi connectivity index (χ3n) is 3.31. The molecule has 1 atom stereocenters. The number of aromatic nitrogens is 2. The zero-order valence-electron chi connectivity index (χ0n) is 12.0. The van der Waals surface area contributed by atoms with Crippen molar-refractivity contribution in [2.24, 2.45) is 0 Å². The molecule has 2 N–H and O–H groups in total. The summed E-state index contributed by atoms with van der Waals surface area (Å²) >= 11 is 0. The lowest BCUT2D eigenvalue weighted by atomic mass is 10.0. The number of sulfonamides is 1. The van der Waals surface area contributed by atoms with Gasteiger partial charge in [0.15, 0.2) is 5.03 Å². The predicted molar refractivity (Wildman–Crippen MR) is 73.3 cm³/mol. The van der Waals surface area contributed by atoms with E-state index in [9.17, 15) is 13.2 Å². The van der Waals surface area contributed by atoms with E-state index >= 15 is 0 Å². The summed E-state index contributed by atoms with van der Waals surface area (Å²) in [6.07, 6.45) is 2.82. The molecular weight excluding hydrogens is 298 g/mol. The molecule has 0 bridgehead atoms. The van der Waals surface area contributed by atoms with E-state index in [1.807, 2.05) is 6.92 Å². The molecule has 0 saturated carbocycles. The minimum atomic E-state index is -3.89. The number of carbonyl (C=O) groups is 1. The molecule has 9 heteroatoms. The SMILES string of the molecule is CCOC(=O)c1cn[nH]c1S(=O)(=O)NCC1(C)CCCO1. The average Bonchev–Trinajstić information content (AvgIpc) is 3.06. The van der Waals surface area contributed by atoms with Gasteiger partial charge in [-0.2, -0.15) is 5.10 Å². The van der Waals surface area contributed by atoms with Gasteiger partial charge in [0, 0.05) is 13.2 Å². The summed E-state index contributed by atoms with van der Waals surface area (Å²) < 4.78 is 37.3. The van der Waals surface area contributed by atoms with Crippen molar-refractivity contribution in [2.75, 3.05) is 19.8 Å². The lowest BCUT2D eigenvalue weighted by Crippen LogP contribution is -2.40.